The second-order valence-corrected chi connectivity index (χ2v) is 7.91. The molecule has 1 fully saturated rings. The first-order valence-corrected chi connectivity index (χ1v) is 9.84. The Kier molecular flexibility index (Phi) is 5.10. The average molecular weight is 418 g/mol. The number of hydrogen-bond donors (Lipinski definition) is 2. The van der Waals surface area contributed by atoms with Crippen LogP contribution in [0.4, 0.5) is 0 Å². The minimum Gasteiger partial charge on any atom is -0.379 e. The molecule has 1 unspecified atom stereocenters. The summed E-state index contributed by atoms with van der Waals surface area (Å²) < 4.78 is 7.47. The molecule has 7 heteroatoms. The SMILES string of the molecule is Cn1c(C(=O)NC2(c3ccc(CN)cc3)CCOC2)cc2c(Cl)c(Cl)ccc21. The molecular weight excluding hydrogens is 397 g/mol. The van der Waals surface area contributed by atoms with Gasteiger partial charge >= 0.3 is 0 Å². The highest BCUT2D eigenvalue weighted by atomic mass is 35.5. The zero-order valence-corrected chi connectivity index (χ0v) is 17.0. The van der Waals surface area contributed by atoms with Crippen molar-refractivity contribution in [3.63, 3.8) is 0 Å². The molecule has 1 aromatic heterocycles. The van der Waals surface area contributed by atoms with Crippen LogP contribution in [0, 0.1) is 0 Å². The van der Waals surface area contributed by atoms with Crippen LogP contribution >= 0.6 is 23.2 Å². The highest BCUT2D eigenvalue weighted by Gasteiger charge is 2.39. The quantitative estimate of drug-likeness (QED) is 0.673. The van der Waals surface area contributed by atoms with Gasteiger partial charge in [0.25, 0.3) is 5.91 Å². The predicted octanol–water partition coefficient (Wildman–Crippen LogP) is 3.99. The van der Waals surface area contributed by atoms with Gasteiger partial charge < -0.3 is 20.4 Å². The summed E-state index contributed by atoms with van der Waals surface area (Å²) in [6, 6.07) is 13.4. The summed E-state index contributed by atoms with van der Waals surface area (Å²) in [5.41, 5.74) is 8.56. The molecule has 146 valence electrons. The third-order valence-corrected chi connectivity index (χ3v) is 6.28. The first-order valence-electron chi connectivity index (χ1n) is 9.08. The van der Waals surface area contributed by atoms with E-state index >= 15 is 0 Å². The lowest BCUT2D eigenvalue weighted by Gasteiger charge is -2.29. The van der Waals surface area contributed by atoms with Gasteiger partial charge in [0.1, 0.15) is 5.69 Å². The molecule has 1 saturated heterocycles. The van der Waals surface area contributed by atoms with Crippen LogP contribution in [0.15, 0.2) is 42.5 Å². The van der Waals surface area contributed by atoms with Gasteiger partial charge in [0, 0.05) is 37.5 Å². The fraction of sp³-hybridized carbons (Fsp3) is 0.286. The van der Waals surface area contributed by atoms with Gasteiger partial charge in [-0.05, 0) is 29.3 Å². The third-order valence-electron chi connectivity index (χ3n) is 5.46. The average Bonchev–Trinajstić information content (AvgIpc) is 3.31. The van der Waals surface area contributed by atoms with E-state index in [0.717, 1.165) is 22.0 Å². The summed E-state index contributed by atoms with van der Waals surface area (Å²) >= 11 is 12.5. The van der Waals surface area contributed by atoms with Crippen molar-refractivity contribution in [3.05, 3.63) is 69.3 Å². The maximum absolute atomic E-state index is 13.2. The predicted molar refractivity (Wildman–Crippen MR) is 112 cm³/mol. The molecule has 1 aliphatic rings. The molecular formula is C21H21Cl2N3O2. The van der Waals surface area contributed by atoms with Gasteiger partial charge in [-0.2, -0.15) is 0 Å². The Balaban J connectivity index is 1.70. The number of halogens is 2. The summed E-state index contributed by atoms with van der Waals surface area (Å²) in [4.78, 5) is 13.2. The van der Waals surface area contributed by atoms with Crippen LogP contribution in [-0.2, 0) is 23.9 Å². The Labute approximate surface area is 173 Å². The maximum Gasteiger partial charge on any atom is 0.268 e. The molecule has 28 heavy (non-hydrogen) atoms. The van der Waals surface area contributed by atoms with Crippen LogP contribution in [-0.4, -0.2) is 23.7 Å². The Hall–Kier alpha value is -2.05. The second-order valence-electron chi connectivity index (χ2n) is 7.12. The minimum atomic E-state index is -0.567. The highest BCUT2D eigenvalue weighted by molar-refractivity contribution is 6.45. The van der Waals surface area contributed by atoms with E-state index in [-0.39, 0.29) is 5.91 Å². The fourth-order valence-corrected chi connectivity index (χ4v) is 4.15. The van der Waals surface area contributed by atoms with Crippen molar-refractivity contribution < 1.29 is 9.53 Å². The number of amides is 1. The van der Waals surface area contributed by atoms with Gasteiger partial charge in [-0.1, -0.05) is 47.5 Å². The summed E-state index contributed by atoms with van der Waals surface area (Å²) in [6.45, 7) is 1.50. The van der Waals surface area contributed by atoms with Gasteiger partial charge in [-0.15, -0.1) is 0 Å². The molecule has 3 N–H and O–H groups in total. The molecule has 0 radical (unpaired) electrons. The van der Waals surface area contributed by atoms with Gasteiger partial charge in [0.2, 0.25) is 0 Å². The zero-order valence-electron chi connectivity index (χ0n) is 15.5. The number of nitrogens with two attached hydrogens (primary N) is 1. The van der Waals surface area contributed by atoms with Crippen LogP contribution in [0.2, 0.25) is 10.0 Å². The molecule has 2 heterocycles. The van der Waals surface area contributed by atoms with Crippen molar-refractivity contribution >= 4 is 40.0 Å². The number of aryl methyl sites for hydroxylation is 1. The van der Waals surface area contributed by atoms with Crippen molar-refractivity contribution in [2.24, 2.45) is 12.8 Å². The zero-order chi connectivity index (χ0) is 19.9. The van der Waals surface area contributed by atoms with Crippen LogP contribution in [0.1, 0.15) is 28.0 Å². The molecule has 0 bridgehead atoms. The minimum absolute atomic E-state index is 0.181. The number of nitrogens with one attached hydrogen (secondary N) is 1. The molecule has 5 nitrogen and oxygen atoms in total. The fourth-order valence-electron chi connectivity index (χ4n) is 3.77. The van der Waals surface area contributed by atoms with Crippen LogP contribution in [0.3, 0.4) is 0 Å². The lowest BCUT2D eigenvalue weighted by atomic mass is 9.88. The van der Waals surface area contributed by atoms with E-state index < -0.39 is 5.54 Å². The van der Waals surface area contributed by atoms with E-state index in [0.29, 0.717) is 41.9 Å². The largest absolute Gasteiger partial charge is 0.379 e. The Morgan fingerprint density at radius 1 is 1.25 bits per heavy atom. The third kappa shape index (κ3) is 3.18. The maximum atomic E-state index is 13.2. The monoisotopic (exact) mass is 417 g/mol. The van der Waals surface area contributed by atoms with Crippen LogP contribution < -0.4 is 11.1 Å². The molecule has 0 aliphatic carbocycles. The lowest BCUT2D eigenvalue weighted by Crippen LogP contribution is -2.47. The van der Waals surface area contributed by atoms with Crippen LogP contribution in [0.25, 0.3) is 10.9 Å². The summed E-state index contributed by atoms with van der Waals surface area (Å²) in [7, 11) is 1.84. The van der Waals surface area contributed by atoms with E-state index in [1.54, 1.807) is 12.1 Å². The molecule has 1 atom stereocenters. The summed E-state index contributed by atoms with van der Waals surface area (Å²) in [6.07, 6.45) is 0.706. The summed E-state index contributed by atoms with van der Waals surface area (Å²) in [5, 5.41) is 4.88. The molecule has 0 saturated carbocycles. The van der Waals surface area contributed by atoms with Crippen molar-refractivity contribution in [2.45, 2.75) is 18.5 Å². The van der Waals surface area contributed by atoms with Crippen LogP contribution in [0.5, 0.6) is 0 Å². The number of carbonyl (C=O) groups is 1. The molecule has 1 aliphatic heterocycles. The van der Waals surface area contributed by atoms with Crippen molar-refractivity contribution in [1.82, 2.24) is 9.88 Å². The Morgan fingerprint density at radius 2 is 2.00 bits per heavy atom. The molecule has 0 spiro atoms. The number of rotatable bonds is 4. The molecule has 3 aromatic rings. The number of nitrogens with zero attached hydrogens (tertiary/aromatic N) is 1. The van der Waals surface area contributed by atoms with E-state index in [1.807, 2.05) is 41.9 Å². The number of hydrogen-bond acceptors (Lipinski definition) is 3. The standard InChI is InChI=1S/C21H21Cl2N3O2/c1-26-17-7-6-16(22)19(23)15(17)10-18(26)20(27)25-21(8-9-28-12-21)14-4-2-13(11-24)3-5-14/h2-7,10H,8-9,11-12,24H2,1H3,(H,25,27). The topological polar surface area (TPSA) is 69.3 Å². The summed E-state index contributed by atoms with van der Waals surface area (Å²) in [5.74, 6) is -0.181. The normalized spacial score (nSPS) is 19.3. The molecule has 2 aromatic carbocycles. The molecule has 4 rings (SSSR count). The van der Waals surface area contributed by atoms with Crippen molar-refractivity contribution in [1.29, 1.82) is 0 Å². The van der Waals surface area contributed by atoms with Gasteiger partial charge in [0.15, 0.2) is 0 Å². The van der Waals surface area contributed by atoms with Gasteiger partial charge in [-0.3, -0.25) is 4.79 Å². The van der Waals surface area contributed by atoms with Gasteiger partial charge in [0.05, 0.1) is 22.2 Å². The van der Waals surface area contributed by atoms with E-state index in [4.69, 9.17) is 33.7 Å². The first kappa shape index (κ1) is 19.3. The Morgan fingerprint density at radius 3 is 2.64 bits per heavy atom. The number of benzene rings is 2. The van der Waals surface area contributed by atoms with Gasteiger partial charge in [-0.25, -0.2) is 0 Å². The Bertz CT molecular complexity index is 1040. The van der Waals surface area contributed by atoms with E-state index in [9.17, 15) is 4.79 Å². The second kappa shape index (κ2) is 7.41. The number of aromatic nitrogens is 1. The molecule has 1 amide bonds. The smallest absolute Gasteiger partial charge is 0.268 e. The number of carbonyl (C=O) groups excluding carboxylic acids is 1. The van der Waals surface area contributed by atoms with E-state index in [1.165, 1.54) is 0 Å². The first-order chi connectivity index (χ1) is 13.4. The van der Waals surface area contributed by atoms with Crippen molar-refractivity contribution in [3.8, 4) is 0 Å². The lowest BCUT2D eigenvalue weighted by molar-refractivity contribution is 0.0868. The number of ether oxygens (including phenoxy) is 1. The highest BCUT2D eigenvalue weighted by Crippen LogP contribution is 2.34. The number of fused-ring (bicyclic) bond motifs is 1. The van der Waals surface area contributed by atoms with E-state index in [2.05, 4.69) is 5.32 Å². The van der Waals surface area contributed by atoms with Crippen molar-refractivity contribution in [2.75, 3.05) is 13.2 Å².